The third-order valence-corrected chi connectivity index (χ3v) is 7.17. The number of ether oxygens (including phenoxy) is 1. The Labute approximate surface area is 170 Å². The van der Waals surface area contributed by atoms with Crippen LogP contribution in [-0.2, 0) is 16.6 Å². The van der Waals surface area contributed by atoms with Crippen molar-refractivity contribution < 1.29 is 17.9 Å². The summed E-state index contributed by atoms with van der Waals surface area (Å²) in [5, 5.41) is 0.126. The summed E-state index contributed by atoms with van der Waals surface area (Å²) >= 11 is 6.16. The highest BCUT2D eigenvalue weighted by molar-refractivity contribution is 7.89. The van der Waals surface area contributed by atoms with Crippen LogP contribution in [0.15, 0.2) is 47.4 Å². The largest absolute Gasteiger partial charge is 0.497 e. The summed E-state index contributed by atoms with van der Waals surface area (Å²) in [7, 11) is -0.428. The third-order valence-electron chi connectivity index (χ3n) is 4.79. The molecule has 8 heteroatoms. The second kappa shape index (κ2) is 8.51. The second-order valence-electron chi connectivity index (χ2n) is 6.77. The van der Waals surface area contributed by atoms with E-state index < -0.39 is 10.0 Å². The lowest BCUT2D eigenvalue weighted by Gasteiger charge is -2.20. The first-order valence-electron chi connectivity index (χ1n) is 9.01. The van der Waals surface area contributed by atoms with Gasteiger partial charge in [-0.05, 0) is 48.7 Å². The van der Waals surface area contributed by atoms with E-state index in [-0.39, 0.29) is 21.4 Å². The Bertz CT molecular complexity index is 955. The van der Waals surface area contributed by atoms with Crippen LogP contribution in [0.5, 0.6) is 5.75 Å². The Morgan fingerprint density at radius 2 is 1.79 bits per heavy atom. The van der Waals surface area contributed by atoms with Crippen molar-refractivity contribution in [1.29, 1.82) is 0 Å². The molecular formula is C20H23ClN2O4S. The van der Waals surface area contributed by atoms with Gasteiger partial charge in [-0.15, -0.1) is 0 Å². The number of carbonyl (C=O) groups excluding carboxylic acids is 1. The molecule has 0 spiro atoms. The molecule has 0 N–H and O–H groups in total. The zero-order valence-electron chi connectivity index (χ0n) is 15.9. The lowest BCUT2D eigenvalue weighted by molar-refractivity contribution is 0.0785. The van der Waals surface area contributed by atoms with E-state index in [0.717, 1.165) is 24.2 Å². The van der Waals surface area contributed by atoms with Gasteiger partial charge in [-0.25, -0.2) is 8.42 Å². The van der Waals surface area contributed by atoms with Crippen LogP contribution in [0.2, 0.25) is 5.02 Å². The van der Waals surface area contributed by atoms with Gasteiger partial charge in [0.05, 0.1) is 12.1 Å². The molecule has 0 aliphatic carbocycles. The monoisotopic (exact) mass is 422 g/mol. The molecule has 150 valence electrons. The first-order valence-corrected chi connectivity index (χ1v) is 10.8. The Kier molecular flexibility index (Phi) is 6.27. The van der Waals surface area contributed by atoms with Crippen molar-refractivity contribution in [2.45, 2.75) is 24.3 Å². The van der Waals surface area contributed by atoms with Gasteiger partial charge in [0.25, 0.3) is 5.91 Å². The van der Waals surface area contributed by atoms with Crippen molar-refractivity contribution in [2.24, 2.45) is 0 Å². The molecule has 0 unspecified atom stereocenters. The van der Waals surface area contributed by atoms with E-state index in [0.29, 0.717) is 19.6 Å². The molecule has 1 aliphatic rings. The second-order valence-corrected chi connectivity index (χ2v) is 9.08. The number of hydrogen-bond acceptors (Lipinski definition) is 4. The topological polar surface area (TPSA) is 66.9 Å². The number of hydrogen-bond donors (Lipinski definition) is 0. The Morgan fingerprint density at radius 1 is 1.14 bits per heavy atom. The van der Waals surface area contributed by atoms with Crippen molar-refractivity contribution in [2.75, 3.05) is 27.2 Å². The van der Waals surface area contributed by atoms with E-state index in [9.17, 15) is 13.2 Å². The van der Waals surface area contributed by atoms with E-state index in [1.165, 1.54) is 21.3 Å². The maximum atomic E-state index is 12.9. The van der Waals surface area contributed by atoms with Gasteiger partial charge >= 0.3 is 0 Å². The number of rotatable bonds is 6. The fourth-order valence-corrected chi connectivity index (χ4v) is 5.22. The zero-order valence-corrected chi connectivity index (χ0v) is 17.5. The smallest absolute Gasteiger partial charge is 0.253 e. The molecule has 0 atom stereocenters. The number of carbonyl (C=O) groups is 1. The fraction of sp³-hybridized carbons (Fsp3) is 0.350. The molecule has 0 radical (unpaired) electrons. The van der Waals surface area contributed by atoms with Gasteiger partial charge in [-0.2, -0.15) is 4.31 Å². The molecular weight excluding hydrogens is 400 g/mol. The van der Waals surface area contributed by atoms with Crippen LogP contribution >= 0.6 is 11.6 Å². The maximum Gasteiger partial charge on any atom is 0.253 e. The van der Waals surface area contributed by atoms with Crippen LogP contribution in [-0.4, -0.2) is 50.8 Å². The minimum absolute atomic E-state index is 0.0141. The minimum Gasteiger partial charge on any atom is -0.497 e. The number of halogens is 1. The van der Waals surface area contributed by atoms with Crippen LogP contribution in [0.1, 0.15) is 28.8 Å². The average Bonchev–Trinajstić information content (AvgIpc) is 3.24. The molecule has 1 saturated heterocycles. The number of amides is 1. The summed E-state index contributed by atoms with van der Waals surface area (Å²) in [6, 6.07) is 11.8. The highest BCUT2D eigenvalue weighted by atomic mass is 35.5. The molecule has 2 aromatic rings. The number of nitrogens with zero attached hydrogens (tertiary/aromatic N) is 2. The number of methoxy groups -OCH3 is 1. The minimum atomic E-state index is -3.70. The van der Waals surface area contributed by atoms with Crippen molar-refractivity contribution in [3.63, 3.8) is 0 Å². The van der Waals surface area contributed by atoms with E-state index in [4.69, 9.17) is 16.3 Å². The first kappa shape index (κ1) is 20.6. The highest BCUT2D eigenvalue weighted by Crippen LogP contribution is 2.28. The van der Waals surface area contributed by atoms with E-state index in [2.05, 4.69) is 0 Å². The van der Waals surface area contributed by atoms with Crippen LogP contribution in [0.25, 0.3) is 0 Å². The zero-order chi connectivity index (χ0) is 20.3. The lowest BCUT2D eigenvalue weighted by Crippen LogP contribution is -2.29. The first-order chi connectivity index (χ1) is 13.3. The molecule has 28 heavy (non-hydrogen) atoms. The standard InChI is InChI=1S/C20H23ClN2O4S/c1-22(14-15-5-8-17(27-2)9-6-15)20(24)16-7-10-18(21)19(13-16)28(25,26)23-11-3-4-12-23/h5-10,13H,3-4,11-12,14H2,1-2H3. The van der Waals surface area contributed by atoms with Crippen LogP contribution in [0, 0.1) is 0 Å². The molecule has 0 saturated carbocycles. The summed E-state index contributed by atoms with van der Waals surface area (Å²) in [5.74, 6) is 0.470. The van der Waals surface area contributed by atoms with Gasteiger partial charge in [0.2, 0.25) is 10.0 Å². The molecule has 1 amide bonds. The summed E-state index contributed by atoms with van der Waals surface area (Å²) in [6.45, 7) is 1.35. The van der Waals surface area contributed by atoms with Gasteiger partial charge in [-0.1, -0.05) is 23.7 Å². The quantitative estimate of drug-likeness (QED) is 0.715. The fourth-order valence-electron chi connectivity index (χ4n) is 3.20. The molecule has 6 nitrogen and oxygen atoms in total. The third kappa shape index (κ3) is 4.32. The Balaban J connectivity index is 1.81. The molecule has 2 aromatic carbocycles. The highest BCUT2D eigenvalue weighted by Gasteiger charge is 2.30. The van der Waals surface area contributed by atoms with Gasteiger partial charge in [-0.3, -0.25) is 4.79 Å². The predicted molar refractivity (Wildman–Crippen MR) is 108 cm³/mol. The lowest BCUT2D eigenvalue weighted by atomic mass is 10.1. The summed E-state index contributed by atoms with van der Waals surface area (Å²) in [4.78, 5) is 14.4. The van der Waals surface area contributed by atoms with Crippen molar-refractivity contribution in [3.05, 3.63) is 58.6 Å². The van der Waals surface area contributed by atoms with Crippen LogP contribution in [0.4, 0.5) is 0 Å². The number of benzene rings is 2. The van der Waals surface area contributed by atoms with Gasteiger partial charge < -0.3 is 9.64 Å². The van der Waals surface area contributed by atoms with E-state index in [1.807, 2.05) is 24.3 Å². The van der Waals surface area contributed by atoms with Gasteiger partial charge in [0, 0.05) is 32.2 Å². The maximum absolute atomic E-state index is 12.9. The van der Waals surface area contributed by atoms with E-state index >= 15 is 0 Å². The normalized spacial score (nSPS) is 14.8. The van der Waals surface area contributed by atoms with E-state index in [1.54, 1.807) is 20.2 Å². The Hall–Kier alpha value is -2.09. The number of sulfonamides is 1. The SMILES string of the molecule is COc1ccc(CN(C)C(=O)c2ccc(Cl)c(S(=O)(=O)N3CCCC3)c2)cc1. The molecule has 0 aromatic heterocycles. The molecule has 1 fully saturated rings. The molecule has 0 bridgehead atoms. The van der Waals surface area contributed by atoms with Gasteiger partial charge in [0.15, 0.2) is 0 Å². The Morgan fingerprint density at radius 3 is 2.39 bits per heavy atom. The molecule has 1 heterocycles. The van der Waals surface area contributed by atoms with Crippen molar-refractivity contribution >= 4 is 27.5 Å². The summed E-state index contributed by atoms with van der Waals surface area (Å²) < 4.78 is 32.3. The predicted octanol–water partition coefficient (Wildman–Crippen LogP) is 3.41. The molecule has 3 rings (SSSR count). The van der Waals surface area contributed by atoms with Crippen molar-refractivity contribution in [1.82, 2.24) is 9.21 Å². The van der Waals surface area contributed by atoms with Crippen molar-refractivity contribution in [3.8, 4) is 5.75 Å². The van der Waals surface area contributed by atoms with Gasteiger partial charge in [0.1, 0.15) is 10.6 Å². The van der Waals surface area contributed by atoms with Crippen LogP contribution < -0.4 is 4.74 Å². The average molecular weight is 423 g/mol. The molecule has 1 aliphatic heterocycles. The van der Waals surface area contributed by atoms with Crippen LogP contribution in [0.3, 0.4) is 0 Å². The summed E-state index contributed by atoms with van der Waals surface area (Å²) in [6.07, 6.45) is 1.67. The summed E-state index contributed by atoms with van der Waals surface area (Å²) in [5.41, 5.74) is 1.23.